The van der Waals surface area contributed by atoms with Gasteiger partial charge in [0.25, 0.3) is 12.3 Å². The molecule has 0 bridgehead atoms. The molecule has 0 aromatic carbocycles. The molecule has 3 N–H and O–H groups in total. The zero-order chi connectivity index (χ0) is 27.6. The first kappa shape index (κ1) is 25.6. The first-order chi connectivity index (χ1) is 19.4. The number of carbonyl (C=O) groups is 1. The molecule has 5 aromatic heterocycles. The number of fused-ring (bicyclic) bond motifs is 2. The van der Waals surface area contributed by atoms with E-state index in [1.165, 1.54) is 10.7 Å². The van der Waals surface area contributed by atoms with Crippen LogP contribution < -0.4 is 15.5 Å². The predicted molar refractivity (Wildman–Crippen MR) is 148 cm³/mol. The lowest BCUT2D eigenvalue weighted by Crippen LogP contribution is -2.44. The number of H-pyrrole nitrogens is 1. The van der Waals surface area contributed by atoms with Gasteiger partial charge in [-0.25, -0.2) is 23.3 Å². The van der Waals surface area contributed by atoms with Gasteiger partial charge in [-0.05, 0) is 36.4 Å². The number of nitrogens with one attached hydrogen (secondary N) is 3. The number of alkyl halides is 2. The minimum absolute atomic E-state index is 0.219. The van der Waals surface area contributed by atoms with Gasteiger partial charge in [0, 0.05) is 68.5 Å². The molecule has 1 amide bonds. The van der Waals surface area contributed by atoms with Crippen LogP contribution in [0.3, 0.4) is 0 Å². The number of anilines is 2. The van der Waals surface area contributed by atoms with Crippen molar-refractivity contribution in [1.82, 2.24) is 39.8 Å². The number of aromatic nitrogens is 6. The number of nitrogens with zero attached hydrogens (tertiary/aromatic N) is 7. The fourth-order valence-electron chi connectivity index (χ4n) is 4.74. The molecule has 40 heavy (non-hydrogen) atoms. The number of hydrogen-bond acceptors (Lipinski definition) is 8. The highest BCUT2D eigenvalue weighted by Crippen LogP contribution is 2.29. The van der Waals surface area contributed by atoms with Crippen LogP contribution in [0.1, 0.15) is 15.9 Å². The van der Waals surface area contributed by atoms with Crippen LogP contribution in [0.5, 0.6) is 0 Å². The Hall–Kier alpha value is -4.65. The number of piperazine rings is 1. The van der Waals surface area contributed by atoms with Gasteiger partial charge in [-0.3, -0.25) is 4.79 Å². The molecule has 0 atom stereocenters. The number of aromatic amines is 1. The Morgan fingerprint density at radius 1 is 1.10 bits per heavy atom. The Morgan fingerprint density at radius 2 is 1.95 bits per heavy atom. The molecule has 1 saturated heterocycles. The van der Waals surface area contributed by atoms with Gasteiger partial charge in [0.1, 0.15) is 11.5 Å². The smallest absolute Gasteiger partial charge is 0.255 e. The molecule has 206 valence electrons. The van der Waals surface area contributed by atoms with Gasteiger partial charge in [0.2, 0.25) is 5.95 Å². The van der Waals surface area contributed by atoms with Crippen molar-refractivity contribution < 1.29 is 13.6 Å². The highest BCUT2D eigenvalue weighted by Gasteiger charge is 2.17. The second kappa shape index (κ2) is 10.8. The lowest BCUT2D eigenvalue weighted by molar-refractivity contribution is 0.0893. The number of likely N-dealkylation sites (N-methyl/N-ethyl adjacent to an activating group) is 1. The van der Waals surface area contributed by atoms with Crippen molar-refractivity contribution in [2.45, 2.75) is 13.0 Å². The minimum atomic E-state index is -2.63. The molecular weight excluding hydrogens is 518 g/mol. The second-order valence-electron chi connectivity index (χ2n) is 9.73. The lowest BCUT2D eigenvalue weighted by Gasteiger charge is -2.33. The van der Waals surface area contributed by atoms with Gasteiger partial charge >= 0.3 is 0 Å². The summed E-state index contributed by atoms with van der Waals surface area (Å²) in [6.07, 6.45) is 5.89. The van der Waals surface area contributed by atoms with Crippen LogP contribution in [-0.4, -0.2) is 86.6 Å². The monoisotopic (exact) mass is 546 g/mol. The zero-order valence-corrected chi connectivity index (χ0v) is 21.8. The fraction of sp³-hybridized carbons (Fsp3) is 0.296. The van der Waals surface area contributed by atoms with Crippen molar-refractivity contribution in [3.05, 3.63) is 66.4 Å². The minimum Gasteiger partial charge on any atom is -0.354 e. The molecule has 5 aromatic rings. The van der Waals surface area contributed by atoms with E-state index in [-0.39, 0.29) is 5.56 Å². The number of hydrogen-bond donors (Lipinski definition) is 3. The van der Waals surface area contributed by atoms with Gasteiger partial charge < -0.3 is 25.4 Å². The number of pyridine rings is 2. The largest absolute Gasteiger partial charge is 0.354 e. The van der Waals surface area contributed by atoms with E-state index in [2.05, 4.69) is 64.6 Å². The summed E-state index contributed by atoms with van der Waals surface area (Å²) < 4.78 is 26.6. The van der Waals surface area contributed by atoms with E-state index in [1.54, 1.807) is 18.5 Å². The molecule has 1 aliphatic rings. The standard InChI is InChI=1S/C27H28F2N10O/c1-37-6-8-38(9-7-37)24-3-2-17(11-30-24)12-33-27-34-14-20-19(13-31-25(20)36-27)18-4-5-39-22(10-18)21(15-35-39)26(40)32-16-23(28)29/h2-5,10-11,13-15,23H,6-9,12,16H2,1H3,(H,32,40)(H2,31,33,34,36). The number of amides is 1. The topological polar surface area (TPSA) is 119 Å². The summed E-state index contributed by atoms with van der Waals surface area (Å²) in [6.45, 7) is 3.83. The molecule has 0 spiro atoms. The summed E-state index contributed by atoms with van der Waals surface area (Å²) >= 11 is 0. The molecule has 11 nitrogen and oxygen atoms in total. The van der Waals surface area contributed by atoms with Gasteiger partial charge in [-0.15, -0.1) is 0 Å². The molecule has 0 aliphatic carbocycles. The molecular formula is C27H28F2N10O. The van der Waals surface area contributed by atoms with Crippen molar-refractivity contribution >= 4 is 34.2 Å². The number of halogens is 2. The highest BCUT2D eigenvalue weighted by molar-refractivity contribution is 6.02. The van der Waals surface area contributed by atoms with E-state index >= 15 is 0 Å². The summed E-state index contributed by atoms with van der Waals surface area (Å²) in [4.78, 5) is 33.9. The summed E-state index contributed by atoms with van der Waals surface area (Å²) in [5.41, 5.74) is 4.04. The van der Waals surface area contributed by atoms with Crippen LogP contribution in [0.2, 0.25) is 0 Å². The Bertz CT molecular complexity index is 1640. The lowest BCUT2D eigenvalue weighted by atomic mass is 10.1. The maximum Gasteiger partial charge on any atom is 0.255 e. The SMILES string of the molecule is CN1CCN(c2ccc(CNc3ncc4c(-c5ccn6ncc(C(=O)NCC(F)F)c6c5)c[nH]c4n3)cn2)CC1. The van der Waals surface area contributed by atoms with Crippen LogP contribution in [0.4, 0.5) is 20.5 Å². The third kappa shape index (κ3) is 5.27. The summed E-state index contributed by atoms with van der Waals surface area (Å²) in [7, 11) is 2.13. The van der Waals surface area contributed by atoms with Gasteiger partial charge in [0.05, 0.1) is 23.8 Å². The first-order valence-electron chi connectivity index (χ1n) is 12.9. The van der Waals surface area contributed by atoms with E-state index in [0.29, 0.717) is 23.7 Å². The number of carbonyl (C=O) groups excluding carboxylic acids is 1. The van der Waals surface area contributed by atoms with E-state index in [4.69, 9.17) is 0 Å². The zero-order valence-electron chi connectivity index (χ0n) is 21.8. The second-order valence-corrected chi connectivity index (χ2v) is 9.73. The van der Waals surface area contributed by atoms with E-state index in [1.807, 2.05) is 18.5 Å². The van der Waals surface area contributed by atoms with E-state index < -0.39 is 18.9 Å². The average Bonchev–Trinajstić information content (AvgIpc) is 3.59. The summed E-state index contributed by atoms with van der Waals surface area (Å²) in [6, 6.07) is 7.76. The van der Waals surface area contributed by atoms with E-state index in [0.717, 1.165) is 54.1 Å². The first-order valence-corrected chi connectivity index (χ1v) is 12.9. The van der Waals surface area contributed by atoms with E-state index in [9.17, 15) is 13.6 Å². The van der Waals surface area contributed by atoms with Crippen LogP contribution >= 0.6 is 0 Å². The summed E-state index contributed by atoms with van der Waals surface area (Å²) in [5.74, 6) is 0.867. The van der Waals surface area contributed by atoms with Gasteiger partial charge in [-0.1, -0.05) is 6.07 Å². The molecule has 6 rings (SSSR count). The third-order valence-corrected chi connectivity index (χ3v) is 7.01. The molecule has 0 radical (unpaired) electrons. The quantitative estimate of drug-likeness (QED) is 0.272. The Kier molecular flexibility index (Phi) is 6.95. The average molecular weight is 547 g/mol. The summed E-state index contributed by atoms with van der Waals surface area (Å²) in [5, 5.41) is 10.4. The molecule has 0 saturated carbocycles. The maximum absolute atomic E-state index is 12.5. The van der Waals surface area contributed by atoms with Gasteiger partial charge in [-0.2, -0.15) is 10.1 Å². The maximum atomic E-state index is 12.5. The van der Waals surface area contributed by atoms with Crippen LogP contribution in [0.15, 0.2) is 55.2 Å². The van der Waals surface area contributed by atoms with Crippen LogP contribution in [0.25, 0.3) is 27.7 Å². The third-order valence-electron chi connectivity index (χ3n) is 7.01. The Labute approximate surface area is 228 Å². The Balaban J connectivity index is 1.15. The van der Waals surface area contributed by atoms with Crippen molar-refractivity contribution in [3.8, 4) is 11.1 Å². The predicted octanol–water partition coefficient (Wildman–Crippen LogP) is 3.03. The fourth-order valence-corrected chi connectivity index (χ4v) is 4.74. The molecule has 0 unspecified atom stereocenters. The highest BCUT2D eigenvalue weighted by atomic mass is 19.3. The van der Waals surface area contributed by atoms with Crippen LogP contribution in [-0.2, 0) is 6.54 Å². The normalized spacial score (nSPS) is 14.3. The van der Waals surface area contributed by atoms with Crippen molar-refractivity contribution in [1.29, 1.82) is 0 Å². The molecule has 13 heteroatoms. The van der Waals surface area contributed by atoms with Crippen molar-refractivity contribution in [3.63, 3.8) is 0 Å². The Morgan fingerprint density at radius 3 is 2.73 bits per heavy atom. The molecule has 1 aliphatic heterocycles. The van der Waals surface area contributed by atoms with Gasteiger partial charge in [0.15, 0.2) is 0 Å². The number of rotatable bonds is 8. The van der Waals surface area contributed by atoms with Crippen molar-refractivity contribution in [2.75, 3.05) is 50.0 Å². The molecule has 1 fully saturated rings. The van der Waals surface area contributed by atoms with Crippen molar-refractivity contribution in [2.24, 2.45) is 0 Å². The van der Waals surface area contributed by atoms with Crippen LogP contribution in [0, 0.1) is 0 Å². The molecule has 6 heterocycles.